The molecule has 2 saturated carbocycles. The molecule has 5 nitrogen and oxygen atoms in total. The van der Waals surface area contributed by atoms with Gasteiger partial charge in [0.1, 0.15) is 0 Å². The predicted molar refractivity (Wildman–Crippen MR) is 67.2 cm³/mol. The zero-order valence-corrected chi connectivity index (χ0v) is 11.1. The van der Waals surface area contributed by atoms with Crippen molar-refractivity contribution in [3.63, 3.8) is 0 Å². The van der Waals surface area contributed by atoms with Crippen molar-refractivity contribution in [2.75, 3.05) is 13.1 Å². The van der Waals surface area contributed by atoms with E-state index in [1.54, 1.807) is 0 Å². The summed E-state index contributed by atoms with van der Waals surface area (Å²) >= 11 is 0. The molecule has 102 valence electrons. The molecule has 0 bridgehead atoms. The number of carboxylic acid groups (broad SMARTS) is 1. The zero-order chi connectivity index (χ0) is 13.4. The Labute approximate surface area is 107 Å². The highest BCUT2D eigenvalue weighted by Crippen LogP contribution is 2.50. The van der Waals surface area contributed by atoms with Crippen LogP contribution in [0.15, 0.2) is 0 Å². The second kappa shape index (κ2) is 4.44. The smallest absolute Gasteiger partial charge is 0.314 e. The summed E-state index contributed by atoms with van der Waals surface area (Å²) in [4.78, 5) is 22.7. The average molecular weight is 254 g/mol. The highest BCUT2D eigenvalue weighted by Gasteiger charge is 2.46. The first-order valence-corrected chi connectivity index (χ1v) is 6.61. The minimum Gasteiger partial charge on any atom is -0.481 e. The Morgan fingerprint density at radius 1 is 1.28 bits per heavy atom. The van der Waals surface area contributed by atoms with E-state index in [0.29, 0.717) is 30.7 Å². The Balaban J connectivity index is 1.67. The summed E-state index contributed by atoms with van der Waals surface area (Å²) in [7, 11) is 0. The largest absolute Gasteiger partial charge is 0.481 e. The van der Waals surface area contributed by atoms with Gasteiger partial charge >= 0.3 is 12.0 Å². The van der Waals surface area contributed by atoms with Gasteiger partial charge in [0, 0.05) is 13.1 Å². The van der Waals surface area contributed by atoms with E-state index in [2.05, 4.69) is 24.5 Å². The van der Waals surface area contributed by atoms with E-state index >= 15 is 0 Å². The van der Waals surface area contributed by atoms with Crippen LogP contribution in [0.2, 0.25) is 0 Å². The molecule has 0 aromatic rings. The summed E-state index contributed by atoms with van der Waals surface area (Å²) in [5.41, 5.74) is -0.361. The molecule has 2 amide bonds. The molecule has 1 atom stereocenters. The highest BCUT2D eigenvalue weighted by molar-refractivity contribution is 5.78. The van der Waals surface area contributed by atoms with E-state index in [4.69, 9.17) is 5.11 Å². The van der Waals surface area contributed by atoms with E-state index in [-0.39, 0.29) is 12.6 Å². The lowest BCUT2D eigenvalue weighted by molar-refractivity contribution is -0.153. The van der Waals surface area contributed by atoms with Crippen molar-refractivity contribution in [1.29, 1.82) is 0 Å². The van der Waals surface area contributed by atoms with Gasteiger partial charge in [-0.25, -0.2) is 4.79 Å². The number of carbonyl (C=O) groups excluding carboxylic acids is 1. The van der Waals surface area contributed by atoms with E-state index < -0.39 is 11.4 Å². The molecule has 2 aliphatic carbocycles. The fourth-order valence-electron chi connectivity index (χ4n) is 2.52. The first-order chi connectivity index (χ1) is 8.36. The van der Waals surface area contributed by atoms with Crippen LogP contribution in [-0.2, 0) is 4.79 Å². The molecule has 1 unspecified atom stereocenters. The van der Waals surface area contributed by atoms with Gasteiger partial charge in [-0.1, -0.05) is 20.3 Å². The molecule has 2 fully saturated rings. The lowest BCUT2D eigenvalue weighted by atomic mass is 9.69. The molecule has 3 N–H and O–H groups in total. The summed E-state index contributed by atoms with van der Waals surface area (Å²) in [6.45, 7) is 5.29. The van der Waals surface area contributed by atoms with Crippen LogP contribution in [0.3, 0.4) is 0 Å². The molecule has 0 saturated heterocycles. The molecular formula is C13H22N2O3. The normalized spacial score (nSPS) is 26.9. The Hall–Kier alpha value is -1.26. The van der Waals surface area contributed by atoms with Crippen LogP contribution in [0, 0.1) is 16.7 Å². The lowest BCUT2D eigenvalue weighted by Gasteiger charge is -2.37. The molecule has 18 heavy (non-hydrogen) atoms. The van der Waals surface area contributed by atoms with Crippen LogP contribution in [-0.4, -0.2) is 30.2 Å². The maximum absolute atomic E-state index is 11.6. The van der Waals surface area contributed by atoms with Gasteiger partial charge in [-0.2, -0.15) is 0 Å². The number of urea groups is 1. The molecule has 0 aromatic carbocycles. The van der Waals surface area contributed by atoms with Crippen LogP contribution >= 0.6 is 0 Å². The Bertz CT molecular complexity index is 361. The van der Waals surface area contributed by atoms with Gasteiger partial charge in [0.05, 0.1) is 5.41 Å². The van der Waals surface area contributed by atoms with Gasteiger partial charge in [0.25, 0.3) is 0 Å². The van der Waals surface area contributed by atoms with Crippen molar-refractivity contribution in [2.45, 2.75) is 39.5 Å². The Kier molecular flexibility index (Phi) is 3.25. The van der Waals surface area contributed by atoms with Gasteiger partial charge in [0.2, 0.25) is 0 Å². The monoisotopic (exact) mass is 254 g/mol. The number of hydrogen-bond acceptors (Lipinski definition) is 2. The molecule has 5 heteroatoms. The molecule has 2 aliphatic rings. The van der Waals surface area contributed by atoms with E-state index in [9.17, 15) is 9.59 Å². The number of amides is 2. The van der Waals surface area contributed by atoms with Crippen LogP contribution in [0.4, 0.5) is 4.79 Å². The van der Waals surface area contributed by atoms with Crippen molar-refractivity contribution >= 4 is 12.0 Å². The average Bonchev–Trinajstić information content (AvgIpc) is 2.81. The van der Waals surface area contributed by atoms with E-state index in [0.717, 1.165) is 12.8 Å². The van der Waals surface area contributed by atoms with Gasteiger partial charge in [-0.05, 0) is 30.6 Å². The van der Waals surface area contributed by atoms with Crippen molar-refractivity contribution in [3.05, 3.63) is 0 Å². The standard InChI is InChI=1S/C13H22N2O3/c1-12(2)6-9(12)7-14-11(18)15-8-13(10(16)17)4-3-5-13/h9H,3-8H2,1-2H3,(H,16,17)(H2,14,15,18). The number of rotatable bonds is 5. The first-order valence-electron chi connectivity index (χ1n) is 6.61. The quantitative estimate of drug-likeness (QED) is 0.697. The van der Waals surface area contributed by atoms with Crippen molar-refractivity contribution in [3.8, 4) is 0 Å². The van der Waals surface area contributed by atoms with Crippen molar-refractivity contribution in [2.24, 2.45) is 16.7 Å². The van der Waals surface area contributed by atoms with Gasteiger partial charge in [-0.15, -0.1) is 0 Å². The zero-order valence-electron chi connectivity index (χ0n) is 11.1. The third kappa shape index (κ3) is 2.60. The SMILES string of the molecule is CC1(C)CC1CNC(=O)NCC1(C(=O)O)CCC1. The molecular weight excluding hydrogens is 232 g/mol. The van der Waals surface area contributed by atoms with E-state index in [1.165, 1.54) is 0 Å². The molecule has 0 heterocycles. The first kappa shape index (κ1) is 13.2. The molecule has 2 rings (SSSR count). The van der Waals surface area contributed by atoms with Crippen molar-refractivity contribution in [1.82, 2.24) is 10.6 Å². The van der Waals surface area contributed by atoms with E-state index in [1.807, 2.05) is 0 Å². The number of carboxylic acids is 1. The third-order valence-electron chi connectivity index (χ3n) is 4.58. The summed E-state index contributed by atoms with van der Waals surface area (Å²) in [5.74, 6) is -0.238. The second-order valence-corrected chi connectivity index (χ2v) is 6.39. The topological polar surface area (TPSA) is 78.4 Å². The maximum atomic E-state index is 11.6. The fourth-order valence-corrected chi connectivity index (χ4v) is 2.52. The van der Waals surface area contributed by atoms with Gasteiger partial charge in [0.15, 0.2) is 0 Å². The second-order valence-electron chi connectivity index (χ2n) is 6.39. The predicted octanol–water partition coefficient (Wildman–Crippen LogP) is 1.59. The van der Waals surface area contributed by atoms with Gasteiger partial charge < -0.3 is 15.7 Å². The number of aliphatic carboxylic acids is 1. The molecule has 0 aliphatic heterocycles. The minimum absolute atomic E-state index is 0.238. The Morgan fingerprint density at radius 2 is 1.89 bits per heavy atom. The molecule has 0 spiro atoms. The number of hydrogen-bond donors (Lipinski definition) is 3. The highest BCUT2D eigenvalue weighted by atomic mass is 16.4. The Morgan fingerprint density at radius 3 is 2.28 bits per heavy atom. The summed E-state index contributed by atoms with van der Waals surface area (Å²) in [6, 6.07) is -0.245. The van der Waals surface area contributed by atoms with Crippen LogP contribution < -0.4 is 10.6 Å². The lowest BCUT2D eigenvalue weighted by Crippen LogP contribution is -2.50. The van der Waals surface area contributed by atoms with Crippen LogP contribution in [0.1, 0.15) is 39.5 Å². The third-order valence-corrected chi connectivity index (χ3v) is 4.58. The fraction of sp³-hybridized carbons (Fsp3) is 0.846. The van der Waals surface area contributed by atoms with Gasteiger partial charge in [-0.3, -0.25) is 4.79 Å². The number of nitrogens with one attached hydrogen (secondary N) is 2. The number of carbonyl (C=O) groups is 2. The summed E-state index contributed by atoms with van der Waals surface area (Å²) in [5, 5.41) is 14.6. The molecule has 0 aromatic heterocycles. The van der Waals surface area contributed by atoms with Crippen LogP contribution in [0.25, 0.3) is 0 Å². The van der Waals surface area contributed by atoms with Crippen molar-refractivity contribution < 1.29 is 14.7 Å². The minimum atomic E-state index is -0.794. The van der Waals surface area contributed by atoms with Crippen LogP contribution in [0.5, 0.6) is 0 Å². The summed E-state index contributed by atoms with van der Waals surface area (Å²) < 4.78 is 0. The summed E-state index contributed by atoms with van der Waals surface area (Å²) in [6.07, 6.45) is 3.41. The molecule has 0 radical (unpaired) electrons. The maximum Gasteiger partial charge on any atom is 0.314 e.